The Kier molecular flexibility index (Phi) is 4.84. The van der Waals surface area contributed by atoms with Crippen LogP contribution in [0.1, 0.15) is 11.1 Å². The van der Waals surface area contributed by atoms with E-state index in [2.05, 4.69) is 20.9 Å². The predicted octanol–water partition coefficient (Wildman–Crippen LogP) is 3.18. The second-order valence-electron chi connectivity index (χ2n) is 4.54. The zero-order valence-electron chi connectivity index (χ0n) is 11.0. The summed E-state index contributed by atoms with van der Waals surface area (Å²) in [5, 5.41) is 0. The maximum absolute atomic E-state index is 13.1. The Morgan fingerprint density at radius 1 is 1.35 bits per heavy atom. The number of likely N-dealkylation sites (N-methyl/N-ethyl adjacent to an activating group) is 1. The smallest absolute Gasteiger partial charge is 0.227 e. The number of benzene rings is 1. The van der Waals surface area contributed by atoms with Gasteiger partial charge in [0.25, 0.3) is 0 Å². The van der Waals surface area contributed by atoms with E-state index in [1.807, 2.05) is 12.1 Å². The van der Waals surface area contributed by atoms with E-state index in [9.17, 15) is 9.18 Å². The van der Waals surface area contributed by atoms with Gasteiger partial charge in [-0.25, -0.2) is 4.39 Å². The molecule has 1 amide bonds. The molecule has 1 aromatic carbocycles. The molecule has 0 aliphatic heterocycles. The lowest BCUT2D eigenvalue weighted by molar-refractivity contribution is -0.129. The molecule has 2 rings (SSSR count). The quantitative estimate of drug-likeness (QED) is 0.859. The van der Waals surface area contributed by atoms with Crippen molar-refractivity contribution in [2.75, 3.05) is 7.05 Å². The Bertz CT molecular complexity index is 604. The van der Waals surface area contributed by atoms with Gasteiger partial charge in [0, 0.05) is 26.0 Å². The minimum Gasteiger partial charge on any atom is -0.341 e. The van der Waals surface area contributed by atoms with E-state index in [-0.39, 0.29) is 18.1 Å². The fourth-order valence-corrected chi connectivity index (χ4v) is 2.24. The standard InChI is InChI=1S/C15H14BrFN2O/c1-19(10-12-3-2-6-18-9-12)15(20)8-11-4-5-14(17)13(16)7-11/h2-7,9H,8,10H2,1H3. The van der Waals surface area contributed by atoms with Crippen molar-refractivity contribution < 1.29 is 9.18 Å². The van der Waals surface area contributed by atoms with Crippen molar-refractivity contribution in [3.8, 4) is 0 Å². The molecule has 1 aromatic heterocycles. The molecule has 0 N–H and O–H groups in total. The van der Waals surface area contributed by atoms with Crippen LogP contribution in [0.3, 0.4) is 0 Å². The summed E-state index contributed by atoms with van der Waals surface area (Å²) in [7, 11) is 1.74. The summed E-state index contributed by atoms with van der Waals surface area (Å²) in [5.41, 5.74) is 1.75. The third kappa shape index (κ3) is 3.87. The third-order valence-electron chi connectivity index (χ3n) is 2.91. The van der Waals surface area contributed by atoms with Crippen molar-refractivity contribution in [2.24, 2.45) is 0 Å². The molecule has 0 fully saturated rings. The van der Waals surface area contributed by atoms with Crippen LogP contribution in [0.2, 0.25) is 0 Å². The highest BCUT2D eigenvalue weighted by atomic mass is 79.9. The lowest BCUT2D eigenvalue weighted by Gasteiger charge is -2.17. The molecule has 0 atom stereocenters. The molecule has 104 valence electrons. The molecule has 0 spiro atoms. The van der Waals surface area contributed by atoms with Crippen molar-refractivity contribution >= 4 is 21.8 Å². The average molecular weight is 337 g/mol. The first-order chi connectivity index (χ1) is 9.56. The molecule has 2 aromatic rings. The van der Waals surface area contributed by atoms with Crippen LogP contribution >= 0.6 is 15.9 Å². The molecule has 0 saturated heterocycles. The number of halogens is 2. The summed E-state index contributed by atoms with van der Waals surface area (Å²) >= 11 is 3.12. The van der Waals surface area contributed by atoms with Crippen molar-refractivity contribution in [2.45, 2.75) is 13.0 Å². The molecule has 5 heteroatoms. The first-order valence-corrected chi connectivity index (χ1v) is 6.92. The third-order valence-corrected chi connectivity index (χ3v) is 3.52. The average Bonchev–Trinajstić information content (AvgIpc) is 2.44. The van der Waals surface area contributed by atoms with Gasteiger partial charge in [0.1, 0.15) is 5.82 Å². The summed E-state index contributed by atoms with van der Waals surface area (Å²) in [5.74, 6) is -0.350. The highest BCUT2D eigenvalue weighted by Crippen LogP contribution is 2.17. The van der Waals surface area contributed by atoms with E-state index >= 15 is 0 Å². The fourth-order valence-electron chi connectivity index (χ4n) is 1.81. The van der Waals surface area contributed by atoms with Crippen LogP contribution < -0.4 is 0 Å². The SMILES string of the molecule is CN(Cc1cccnc1)C(=O)Cc1ccc(F)c(Br)c1. The number of aromatic nitrogens is 1. The molecule has 0 bridgehead atoms. The molecular formula is C15H14BrFN2O. The molecular weight excluding hydrogens is 323 g/mol. The number of carbonyl (C=O) groups excluding carboxylic acids is 1. The van der Waals surface area contributed by atoms with Gasteiger partial charge in [0.05, 0.1) is 10.9 Å². The Labute approximate surface area is 125 Å². The van der Waals surface area contributed by atoms with Gasteiger partial charge in [-0.1, -0.05) is 12.1 Å². The van der Waals surface area contributed by atoms with E-state index in [4.69, 9.17) is 0 Å². The van der Waals surface area contributed by atoms with E-state index < -0.39 is 0 Å². The zero-order valence-corrected chi connectivity index (χ0v) is 12.6. The van der Waals surface area contributed by atoms with Gasteiger partial charge >= 0.3 is 0 Å². The zero-order chi connectivity index (χ0) is 14.5. The fraction of sp³-hybridized carbons (Fsp3) is 0.200. The van der Waals surface area contributed by atoms with Crippen LogP contribution in [0.5, 0.6) is 0 Å². The second kappa shape index (κ2) is 6.61. The van der Waals surface area contributed by atoms with Gasteiger partial charge in [-0.05, 0) is 45.3 Å². The number of hydrogen-bond donors (Lipinski definition) is 0. The lowest BCUT2D eigenvalue weighted by atomic mass is 10.1. The Morgan fingerprint density at radius 3 is 2.80 bits per heavy atom. The normalized spacial score (nSPS) is 10.3. The van der Waals surface area contributed by atoms with Crippen molar-refractivity contribution in [3.63, 3.8) is 0 Å². The summed E-state index contributed by atoms with van der Waals surface area (Å²) < 4.78 is 13.5. The van der Waals surface area contributed by atoms with Gasteiger partial charge in [0.15, 0.2) is 0 Å². The summed E-state index contributed by atoms with van der Waals surface area (Å²) in [6, 6.07) is 8.37. The highest BCUT2D eigenvalue weighted by molar-refractivity contribution is 9.10. The minimum atomic E-state index is -0.329. The largest absolute Gasteiger partial charge is 0.341 e. The number of pyridine rings is 1. The van der Waals surface area contributed by atoms with E-state index in [1.165, 1.54) is 6.07 Å². The van der Waals surface area contributed by atoms with Crippen LogP contribution in [0.25, 0.3) is 0 Å². The molecule has 3 nitrogen and oxygen atoms in total. The van der Waals surface area contributed by atoms with Gasteiger partial charge in [-0.2, -0.15) is 0 Å². The van der Waals surface area contributed by atoms with Gasteiger partial charge in [0.2, 0.25) is 5.91 Å². The van der Waals surface area contributed by atoms with Crippen molar-refractivity contribution in [3.05, 3.63) is 64.1 Å². The number of hydrogen-bond acceptors (Lipinski definition) is 2. The molecule has 1 heterocycles. The Hall–Kier alpha value is -1.75. The van der Waals surface area contributed by atoms with Gasteiger partial charge in [-0.3, -0.25) is 9.78 Å². The molecule has 0 unspecified atom stereocenters. The summed E-state index contributed by atoms with van der Waals surface area (Å²) in [6.45, 7) is 0.509. The van der Waals surface area contributed by atoms with Crippen LogP contribution in [0.4, 0.5) is 4.39 Å². The van der Waals surface area contributed by atoms with Crippen LogP contribution in [-0.4, -0.2) is 22.8 Å². The lowest BCUT2D eigenvalue weighted by Crippen LogP contribution is -2.27. The van der Waals surface area contributed by atoms with Crippen LogP contribution in [0, 0.1) is 5.82 Å². The number of carbonyl (C=O) groups is 1. The maximum Gasteiger partial charge on any atom is 0.227 e. The number of amides is 1. The van der Waals surface area contributed by atoms with Crippen LogP contribution in [-0.2, 0) is 17.8 Å². The van der Waals surface area contributed by atoms with E-state index in [1.54, 1.807) is 36.5 Å². The van der Waals surface area contributed by atoms with Gasteiger partial charge < -0.3 is 4.90 Å². The summed E-state index contributed by atoms with van der Waals surface area (Å²) in [4.78, 5) is 17.8. The molecule has 0 aliphatic rings. The van der Waals surface area contributed by atoms with E-state index in [0.29, 0.717) is 11.0 Å². The minimum absolute atomic E-state index is 0.0210. The Morgan fingerprint density at radius 2 is 2.15 bits per heavy atom. The monoisotopic (exact) mass is 336 g/mol. The van der Waals surface area contributed by atoms with E-state index in [0.717, 1.165) is 11.1 Å². The molecule has 20 heavy (non-hydrogen) atoms. The first-order valence-electron chi connectivity index (χ1n) is 6.13. The predicted molar refractivity (Wildman–Crippen MR) is 78.5 cm³/mol. The van der Waals surface area contributed by atoms with Crippen molar-refractivity contribution in [1.82, 2.24) is 9.88 Å². The molecule has 0 saturated carbocycles. The van der Waals surface area contributed by atoms with Gasteiger partial charge in [-0.15, -0.1) is 0 Å². The number of nitrogens with zero attached hydrogens (tertiary/aromatic N) is 2. The molecule has 0 aliphatic carbocycles. The number of rotatable bonds is 4. The first kappa shape index (κ1) is 14.7. The Balaban J connectivity index is 1.99. The topological polar surface area (TPSA) is 33.2 Å². The highest BCUT2D eigenvalue weighted by Gasteiger charge is 2.11. The molecule has 0 radical (unpaired) electrons. The van der Waals surface area contributed by atoms with Crippen molar-refractivity contribution in [1.29, 1.82) is 0 Å². The van der Waals surface area contributed by atoms with Crippen LogP contribution in [0.15, 0.2) is 47.2 Å². The second-order valence-corrected chi connectivity index (χ2v) is 5.39. The summed E-state index contributed by atoms with van der Waals surface area (Å²) in [6.07, 6.45) is 3.68. The maximum atomic E-state index is 13.1.